The third-order valence-electron chi connectivity index (χ3n) is 3.51. The molecule has 0 amide bonds. The summed E-state index contributed by atoms with van der Waals surface area (Å²) >= 11 is 0. The van der Waals surface area contributed by atoms with Gasteiger partial charge in [0.25, 0.3) is 0 Å². The van der Waals surface area contributed by atoms with Crippen LogP contribution in [-0.4, -0.2) is 26.6 Å². The molecule has 0 aliphatic carbocycles. The molecule has 3 rings (SSSR count). The minimum absolute atomic E-state index is 0.182. The zero-order valence-electron chi connectivity index (χ0n) is 11.2. The molecule has 5 nitrogen and oxygen atoms in total. The van der Waals surface area contributed by atoms with E-state index < -0.39 is 5.60 Å². The molecule has 5 heteroatoms. The van der Waals surface area contributed by atoms with Crippen molar-refractivity contribution < 1.29 is 5.11 Å². The van der Waals surface area contributed by atoms with E-state index in [9.17, 15) is 5.11 Å². The maximum absolute atomic E-state index is 9.97. The average Bonchev–Trinajstić information content (AvgIpc) is 2.87. The van der Waals surface area contributed by atoms with E-state index in [4.69, 9.17) is 0 Å². The van der Waals surface area contributed by atoms with E-state index in [0.717, 1.165) is 18.7 Å². The summed E-state index contributed by atoms with van der Waals surface area (Å²) in [6.45, 7) is 4.36. The van der Waals surface area contributed by atoms with Gasteiger partial charge in [0.15, 0.2) is 0 Å². The monoisotopic (exact) mass is 258 g/mol. The van der Waals surface area contributed by atoms with Gasteiger partial charge in [-0.1, -0.05) is 23.4 Å². The lowest BCUT2D eigenvalue weighted by Crippen LogP contribution is -2.22. The Morgan fingerprint density at radius 3 is 2.89 bits per heavy atom. The van der Waals surface area contributed by atoms with Crippen molar-refractivity contribution in [3.63, 3.8) is 0 Å². The summed E-state index contributed by atoms with van der Waals surface area (Å²) in [6.07, 6.45) is 2.80. The molecule has 1 aliphatic heterocycles. The summed E-state index contributed by atoms with van der Waals surface area (Å²) in [5.41, 5.74) is 2.02. The topological polar surface area (TPSA) is 63.0 Å². The molecule has 2 aromatic rings. The molecule has 1 aliphatic rings. The highest BCUT2D eigenvalue weighted by Gasteiger charge is 2.25. The van der Waals surface area contributed by atoms with Crippen LogP contribution in [0.25, 0.3) is 0 Å². The number of hydrogen-bond donors (Lipinski definition) is 2. The Hall–Kier alpha value is -1.88. The van der Waals surface area contributed by atoms with Crippen molar-refractivity contribution in [3.8, 4) is 0 Å². The van der Waals surface area contributed by atoms with Crippen molar-refractivity contribution in [2.24, 2.45) is 0 Å². The van der Waals surface area contributed by atoms with Crippen LogP contribution >= 0.6 is 0 Å². The van der Waals surface area contributed by atoms with Gasteiger partial charge < -0.3 is 10.4 Å². The third kappa shape index (κ3) is 2.21. The molecule has 2 N–H and O–H groups in total. The first-order valence-corrected chi connectivity index (χ1v) is 6.53. The SMILES string of the molecule is CC(C)(O)c1cn(C2CCNc3ccccc32)nn1. The molecule has 0 spiro atoms. The number of benzene rings is 1. The number of para-hydroxylation sites is 1. The maximum atomic E-state index is 9.97. The highest BCUT2D eigenvalue weighted by Crippen LogP contribution is 2.32. The number of aliphatic hydroxyl groups is 1. The van der Waals surface area contributed by atoms with E-state index in [1.54, 1.807) is 13.8 Å². The Bertz CT molecular complexity index is 585. The van der Waals surface area contributed by atoms with Crippen LogP contribution in [0, 0.1) is 0 Å². The zero-order valence-corrected chi connectivity index (χ0v) is 11.2. The van der Waals surface area contributed by atoms with Gasteiger partial charge in [0.05, 0.1) is 12.2 Å². The number of rotatable bonds is 2. The fraction of sp³-hybridized carbons (Fsp3) is 0.429. The van der Waals surface area contributed by atoms with Gasteiger partial charge in [-0.15, -0.1) is 5.10 Å². The van der Waals surface area contributed by atoms with Crippen molar-refractivity contribution in [1.29, 1.82) is 0 Å². The molecule has 19 heavy (non-hydrogen) atoms. The first-order valence-electron chi connectivity index (χ1n) is 6.53. The lowest BCUT2D eigenvalue weighted by molar-refractivity contribution is 0.0737. The Morgan fingerprint density at radius 2 is 2.16 bits per heavy atom. The molecule has 0 saturated heterocycles. The Labute approximate surface area is 112 Å². The van der Waals surface area contributed by atoms with Crippen LogP contribution in [0.2, 0.25) is 0 Å². The number of anilines is 1. The van der Waals surface area contributed by atoms with Crippen LogP contribution < -0.4 is 5.32 Å². The van der Waals surface area contributed by atoms with Gasteiger partial charge in [0.1, 0.15) is 11.3 Å². The first-order chi connectivity index (χ1) is 9.05. The summed E-state index contributed by atoms with van der Waals surface area (Å²) in [7, 11) is 0. The minimum Gasteiger partial charge on any atom is -0.385 e. The van der Waals surface area contributed by atoms with Gasteiger partial charge in [-0.3, -0.25) is 0 Å². The smallest absolute Gasteiger partial charge is 0.114 e. The second kappa shape index (κ2) is 4.35. The van der Waals surface area contributed by atoms with Crippen molar-refractivity contribution in [2.45, 2.75) is 31.9 Å². The molecular formula is C14H18N4O. The molecule has 1 aromatic carbocycles. The molecule has 1 atom stereocenters. The molecule has 0 saturated carbocycles. The van der Waals surface area contributed by atoms with Crippen molar-refractivity contribution in [2.75, 3.05) is 11.9 Å². The Kier molecular flexibility index (Phi) is 2.78. The summed E-state index contributed by atoms with van der Waals surface area (Å²) in [5.74, 6) is 0. The largest absolute Gasteiger partial charge is 0.385 e. The Morgan fingerprint density at radius 1 is 1.37 bits per heavy atom. The van der Waals surface area contributed by atoms with Crippen molar-refractivity contribution in [1.82, 2.24) is 15.0 Å². The minimum atomic E-state index is -0.954. The number of nitrogens with zero attached hydrogens (tertiary/aromatic N) is 3. The maximum Gasteiger partial charge on any atom is 0.114 e. The van der Waals surface area contributed by atoms with Gasteiger partial charge in [-0.25, -0.2) is 4.68 Å². The second-order valence-corrected chi connectivity index (χ2v) is 5.46. The van der Waals surface area contributed by atoms with E-state index in [-0.39, 0.29) is 6.04 Å². The summed E-state index contributed by atoms with van der Waals surface area (Å²) in [6, 6.07) is 8.43. The molecule has 1 unspecified atom stereocenters. The molecule has 1 aromatic heterocycles. The molecule has 0 bridgehead atoms. The average molecular weight is 258 g/mol. The highest BCUT2D eigenvalue weighted by atomic mass is 16.3. The van der Waals surface area contributed by atoms with Gasteiger partial charge in [-0.2, -0.15) is 0 Å². The number of nitrogens with one attached hydrogen (secondary N) is 1. The fourth-order valence-electron chi connectivity index (χ4n) is 2.43. The van der Waals surface area contributed by atoms with E-state index in [1.165, 1.54) is 5.56 Å². The molecular weight excluding hydrogens is 240 g/mol. The van der Waals surface area contributed by atoms with Gasteiger partial charge in [0, 0.05) is 12.2 Å². The van der Waals surface area contributed by atoms with E-state index in [0.29, 0.717) is 5.69 Å². The molecule has 0 fully saturated rings. The van der Waals surface area contributed by atoms with Crippen LogP contribution in [0.5, 0.6) is 0 Å². The van der Waals surface area contributed by atoms with Crippen LogP contribution in [0.3, 0.4) is 0 Å². The predicted molar refractivity (Wildman–Crippen MR) is 73.0 cm³/mol. The second-order valence-electron chi connectivity index (χ2n) is 5.46. The molecule has 2 heterocycles. The molecule has 100 valence electrons. The molecule has 0 radical (unpaired) electrons. The fourth-order valence-corrected chi connectivity index (χ4v) is 2.43. The first kappa shape index (κ1) is 12.2. The van der Waals surface area contributed by atoms with E-state index >= 15 is 0 Å². The van der Waals surface area contributed by atoms with Crippen LogP contribution in [0.4, 0.5) is 5.69 Å². The summed E-state index contributed by atoms with van der Waals surface area (Å²) in [5, 5.41) is 21.6. The summed E-state index contributed by atoms with van der Waals surface area (Å²) in [4.78, 5) is 0. The highest BCUT2D eigenvalue weighted by molar-refractivity contribution is 5.54. The van der Waals surface area contributed by atoms with Crippen LogP contribution in [-0.2, 0) is 5.60 Å². The van der Waals surface area contributed by atoms with Crippen molar-refractivity contribution in [3.05, 3.63) is 41.7 Å². The number of hydrogen-bond acceptors (Lipinski definition) is 4. The van der Waals surface area contributed by atoms with Gasteiger partial charge in [-0.05, 0) is 31.9 Å². The van der Waals surface area contributed by atoms with Gasteiger partial charge >= 0.3 is 0 Å². The lowest BCUT2D eigenvalue weighted by Gasteiger charge is -2.26. The standard InChI is InChI=1S/C14H18N4O/c1-14(2,19)13-9-18(17-16-13)12-7-8-15-11-6-4-3-5-10(11)12/h3-6,9,12,15,19H,7-8H2,1-2H3. The quantitative estimate of drug-likeness (QED) is 0.863. The third-order valence-corrected chi connectivity index (χ3v) is 3.51. The van der Waals surface area contributed by atoms with Crippen molar-refractivity contribution >= 4 is 5.69 Å². The van der Waals surface area contributed by atoms with Gasteiger partial charge in [0.2, 0.25) is 0 Å². The van der Waals surface area contributed by atoms with Crippen LogP contribution in [0.1, 0.15) is 37.6 Å². The van der Waals surface area contributed by atoms with E-state index in [1.807, 2.05) is 23.0 Å². The number of fused-ring (bicyclic) bond motifs is 1. The normalized spacial score (nSPS) is 18.8. The van der Waals surface area contributed by atoms with Crippen LogP contribution in [0.15, 0.2) is 30.5 Å². The lowest BCUT2D eigenvalue weighted by atomic mass is 9.98. The van der Waals surface area contributed by atoms with E-state index in [2.05, 4.69) is 27.8 Å². The summed E-state index contributed by atoms with van der Waals surface area (Å²) < 4.78 is 1.85. The number of aromatic nitrogens is 3. The zero-order chi connectivity index (χ0) is 13.5. The Balaban J connectivity index is 1.98. The predicted octanol–water partition coefficient (Wildman–Crippen LogP) is 1.91.